The first-order valence-corrected chi connectivity index (χ1v) is 15.0. The van der Waals surface area contributed by atoms with Gasteiger partial charge in [-0.05, 0) is 76.9 Å². The van der Waals surface area contributed by atoms with Crippen LogP contribution in [0.4, 0.5) is 0 Å². The van der Waals surface area contributed by atoms with Gasteiger partial charge in [-0.3, -0.25) is 9.69 Å². The number of nitrogens with zero attached hydrogens (tertiary/aromatic N) is 1. The molecular formula is C34H47NO5. The van der Waals surface area contributed by atoms with Crippen LogP contribution in [0.2, 0.25) is 0 Å². The van der Waals surface area contributed by atoms with E-state index in [1.807, 2.05) is 12.1 Å². The lowest BCUT2D eigenvalue weighted by Gasteiger charge is -2.32. The molecule has 0 bridgehead atoms. The molecule has 1 heterocycles. The van der Waals surface area contributed by atoms with Crippen LogP contribution in [0.5, 0.6) is 0 Å². The number of rotatable bonds is 16. The molecule has 0 fully saturated rings. The molecule has 6 nitrogen and oxygen atoms in total. The fraction of sp³-hybridized carbons (Fsp3) is 0.529. The Morgan fingerprint density at radius 2 is 1.48 bits per heavy atom. The number of aliphatic hydroxyl groups excluding tert-OH is 1. The van der Waals surface area contributed by atoms with Gasteiger partial charge in [0.15, 0.2) is 5.78 Å². The lowest BCUT2D eigenvalue weighted by Crippen LogP contribution is -2.39. The average Bonchev–Trinajstić information content (AvgIpc) is 3.32. The highest BCUT2D eigenvalue weighted by Gasteiger charge is 2.25. The third-order valence-electron chi connectivity index (χ3n) is 7.47. The van der Waals surface area contributed by atoms with E-state index in [0.717, 1.165) is 57.2 Å². The van der Waals surface area contributed by atoms with Crippen LogP contribution in [0.1, 0.15) is 124 Å². The van der Waals surface area contributed by atoms with E-state index in [9.17, 15) is 14.7 Å². The largest absolute Gasteiger partial charge is 0.460 e. The Balaban J connectivity index is 1.91. The number of aryl methyl sites for hydroxylation is 1. The molecule has 3 aromatic rings. The average molecular weight is 550 g/mol. The van der Waals surface area contributed by atoms with E-state index in [4.69, 9.17) is 9.15 Å². The zero-order valence-corrected chi connectivity index (χ0v) is 25.2. The van der Waals surface area contributed by atoms with Crippen molar-refractivity contribution in [3.8, 4) is 0 Å². The monoisotopic (exact) mass is 549 g/mol. The number of fused-ring (bicyclic) bond motifs is 1. The van der Waals surface area contributed by atoms with Crippen LogP contribution >= 0.6 is 0 Å². The Labute approximate surface area is 239 Å². The molecule has 0 radical (unpaired) electrons. The number of furan rings is 1. The van der Waals surface area contributed by atoms with Crippen LogP contribution in [-0.4, -0.2) is 47.0 Å². The van der Waals surface area contributed by atoms with E-state index < -0.39 is 12.1 Å². The summed E-state index contributed by atoms with van der Waals surface area (Å²) in [7, 11) is 0. The number of hydrogen-bond acceptors (Lipinski definition) is 6. The molecule has 40 heavy (non-hydrogen) atoms. The molecule has 1 N–H and O–H groups in total. The highest BCUT2D eigenvalue weighted by molar-refractivity contribution is 6.17. The van der Waals surface area contributed by atoms with Gasteiger partial charge in [-0.15, -0.1) is 0 Å². The predicted octanol–water partition coefficient (Wildman–Crippen LogP) is 7.90. The molecule has 0 aliphatic rings. The topological polar surface area (TPSA) is 80.0 Å². The molecular weight excluding hydrogens is 502 g/mol. The van der Waals surface area contributed by atoms with Crippen LogP contribution in [0.25, 0.3) is 11.0 Å². The van der Waals surface area contributed by atoms with Gasteiger partial charge in [-0.1, -0.05) is 64.3 Å². The predicted molar refractivity (Wildman–Crippen MR) is 161 cm³/mol. The summed E-state index contributed by atoms with van der Waals surface area (Å²) in [5.74, 6) is 0.0586. The molecule has 1 aromatic heterocycles. The highest BCUT2D eigenvalue weighted by atomic mass is 16.5. The quantitative estimate of drug-likeness (QED) is 0.145. The third kappa shape index (κ3) is 7.82. The van der Waals surface area contributed by atoms with Crippen molar-refractivity contribution < 1.29 is 23.8 Å². The van der Waals surface area contributed by atoms with E-state index in [1.54, 1.807) is 44.2 Å². The van der Waals surface area contributed by atoms with E-state index in [2.05, 4.69) is 32.6 Å². The molecule has 2 atom stereocenters. The molecule has 2 aromatic carbocycles. The van der Waals surface area contributed by atoms with Gasteiger partial charge in [0.05, 0.1) is 23.3 Å². The molecule has 0 amide bonds. The van der Waals surface area contributed by atoms with Gasteiger partial charge in [0.1, 0.15) is 11.3 Å². The smallest absolute Gasteiger partial charge is 0.338 e. The zero-order chi connectivity index (χ0) is 29.2. The number of benzene rings is 2. The number of unbranched alkanes of at least 4 members (excludes halogenated alkanes) is 3. The van der Waals surface area contributed by atoms with Gasteiger partial charge in [0.25, 0.3) is 0 Å². The first kappa shape index (κ1) is 31.6. The van der Waals surface area contributed by atoms with Crippen LogP contribution in [-0.2, 0) is 11.2 Å². The van der Waals surface area contributed by atoms with Crippen molar-refractivity contribution in [2.24, 2.45) is 0 Å². The molecule has 0 spiro atoms. The van der Waals surface area contributed by atoms with Crippen molar-refractivity contribution in [2.75, 3.05) is 13.1 Å². The number of aliphatic hydroxyl groups is 1. The van der Waals surface area contributed by atoms with Crippen molar-refractivity contribution in [3.05, 3.63) is 70.5 Å². The summed E-state index contributed by atoms with van der Waals surface area (Å²) in [6, 6.07) is 12.4. The van der Waals surface area contributed by atoms with E-state index in [1.165, 1.54) is 0 Å². The van der Waals surface area contributed by atoms with Gasteiger partial charge in [-0.2, -0.15) is 0 Å². The van der Waals surface area contributed by atoms with Crippen molar-refractivity contribution in [3.63, 3.8) is 0 Å². The van der Waals surface area contributed by atoms with E-state index >= 15 is 0 Å². The number of carbonyl (C=O) groups excluding carboxylic acids is 2. The van der Waals surface area contributed by atoms with E-state index in [0.29, 0.717) is 39.8 Å². The molecule has 0 saturated carbocycles. The fourth-order valence-corrected chi connectivity index (χ4v) is 5.02. The van der Waals surface area contributed by atoms with Crippen LogP contribution in [0, 0.1) is 0 Å². The number of esters is 1. The Bertz CT molecular complexity index is 1240. The Morgan fingerprint density at radius 3 is 2.05 bits per heavy atom. The van der Waals surface area contributed by atoms with Crippen molar-refractivity contribution in [1.82, 2.24) is 4.90 Å². The first-order chi connectivity index (χ1) is 19.2. The van der Waals surface area contributed by atoms with Gasteiger partial charge in [-0.25, -0.2) is 4.79 Å². The van der Waals surface area contributed by atoms with Crippen LogP contribution in [0.3, 0.4) is 0 Å². The second kappa shape index (κ2) is 15.2. The SMILES string of the molecule is CCCCc1oc2ccc(C(=O)OC(C)C)cc2c1C(=O)c1ccc(C(O)C(C)N(CCCC)CCCC)cc1. The summed E-state index contributed by atoms with van der Waals surface area (Å²) in [5.41, 5.74) is 2.78. The first-order valence-electron chi connectivity index (χ1n) is 15.0. The highest BCUT2D eigenvalue weighted by Crippen LogP contribution is 2.31. The molecule has 0 saturated heterocycles. The summed E-state index contributed by atoms with van der Waals surface area (Å²) in [6.07, 6.45) is 6.04. The molecule has 218 valence electrons. The summed E-state index contributed by atoms with van der Waals surface area (Å²) in [4.78, 5) is 28.8. The summed E-state index contributed by atoms with van der Waals surface area (Å²) >= 11 is 0. The van der Waals surface area contributed by atoms with Crippen molar-refractivity contribution >= 4 is 22.7 Å². The Hall–Kier alpha value is -2.96. The zero-order valence-electron chi connectivity index (χ0n) is 25.2. The lowest BCUT2D eigenvalue weighted by atomic mass is 9.95. The standard InChI is InChI=1S/C34H47NO5/c1-7-10-13-30-31(28-22-27(18-19-29(28)40-30)34(38)39-23(4)5)33(37)26-16-14-25(15-17-26)32(36)24(6)35(20-11-8-2)21-12-9-3/h14-19,22-24,32,36H,7-13,20-21H2,1-6H3. The number of ketones is 1. The van der Waals surface area contributed by atoms with Gasteiger partial charge in [0.2, 0.25) is 0 Å². The van der Waals surface area contributed by atoms with Crippen molar-refractivity contribution in [1.29, 1.82) is 0 Å². The molecule has 3 rings (SSSR count). The summed E-state index contributed by atoms with van der Waals surface area (Å²) in [6.45, 7) is 14.1. The molecule has 6 heteroatoms. The van der Waals surface area contributed by atoms with Gasteiger partial charge < -0.3 is 14.3 Å². The molecule has 2 unspecified atom stereocenters. The Kier molecular flexibility index (Phi) is 12.0. The van der Waals surface area contributed by atoms with Gasteiger partial charge >= 0.3 is 5.97 Å². The lowest BCUT2D eigenvalue weighted by molar-refractivity contribution is 0.0378. The third-order valence-corrected chi connectivity index (χ3v) is 7.47. The second-order valence-corrected chi connectivity index (χ2v) is 11.0. The molecule has 0 aliphatic heterocycles. The minimum atomic E-state index is -0.651. The fourth-order valence-electron chi connectivity index (χ4n) is 5.02. The van der Waals surface area contributed by atoms with Gasteiger partial charge in [0, 0.05) is 23.4 Å². The normalized spacial score (nSPS) is 13.2. The maximum Gasteiger partial charge on any atom is 0.338 e. The summed E-state index contributed by atoms with van der Waals surface area (Å²) in [5, 5.41) is 11.8. The maximum absolute atomic E-state index is 13.9. The maximum atomic E-state index is 13.9. The Morgan fingerprint density at radius 1 is 0.875 bits per heavy atom. The van der Waals surface area contributed by atoms with Crippen molar-refractivity contribution in [2.45, 2.75) is 105 Å². The van der Waals surface area contributed by atoms with Crippen LogP contribution in [0.15, 0.2) is 46.9 Å². The minimum Gasteiger partial charge on any atom is -0.460 e. The number of ether oxygens (including phenoxy) is 1. The minimum absolute atomic E-state index is 0.0258. The van der Waals surface area contributed by atoms with E-state index in [-0.39, 0.29) is 17.9 Å². The second-order valence-electron chi connectivity index (χ2n) is 11.0. The summed E-state index contributed by atoms with van der Waals surface area (Å²) < 4.78 is 11.5. The number of carbonyl (C=O) groups is 2. The molecule has 0 aliphatic carbocycles. The van der Waals surface area contributed by atoms with Crippen LogP contribution < -0.4 is 0 Å². The number of hydrogen-bond donors (Lipinski definition) is 1.